The van der Waals surface area contributed by atoms with E-state index in [4.69, 9.17) is 14.3 Å². The van der Waals surface area contributed by atoms with Gasteiger partial charge in [0.2, 0.25) is 0 Å². The Bertz CT molecular complexity index is 1340. The normalized spacial score (nSPS) is 9.92. The Morgan fingerprint density at radius 2 is 1.59 bits per heavy atom. The van der Waals surface area contributed by atoms with E-state index in [1.807, 2.05) is 12.1 Å². The fourth-order valence-electron chi connectivity index (χ4n) is 3.33. The van der Waals surface area contributed by atoms with Crippen LogP contribution in [0.25, 0.3) is 11.3 Å². The van der Waals surface area contributed by atoms with Gasteiger partial charge < -0.3 is 30.2 Å². The first kappa shape index (κ1) is 26.6. The molecule has 0 aliphatic carbocycles. The minimum atomic E-state index is -0.845. The highest BCUT2D eigenvalue weighted by molar-refractivity contribution is 6.43. The lowest BCUT2D eigenvalue weighted by atomic mass is 10.1. The minimum absolute atomic E-state index is 0.204. The lowest BCUT2D eigenvalue weighted by Crippen LogP contribution is -2.29. The third kappa shape index (κ3) is 7.26. The molecular weight excluding hydrogens is 476 g/mol. The number of hydrogen-bond donors (Lipinski definition) is 4. The molecular formula is C27H26N4O6. The van der Waals surface area contributed by atoms with Crippen LogP contribution in [-0.2, 0) is 16.1 Å². The Morgan fingerprint density at radius 3 is 2.24 bits per heavy atom. The van der Waals surface area contributed by atoms with Crippen LogP contribution in [0.2, 0.25) is 0 Å². The van der Waals surface area contributed by atoms with E-state index in [2.05, 4.69) is 20.9 Å². The number of anilines is 2. The minimum Gasteiger partial charge on any atom is -0.496 e. The zero-order valence-corrected chi connectivity index (χ0v) is 20.2. The van der Waals surface area contributed by atoms with Gasteiger partial charge in [-0.1, -0.05) is 30.3 Å². The maximum atomic E-state index is 12.4. The highest BCUT2D eigenvalue weighted by Crippen LogP contribution is 2.32. The van der Waals surface area contributed by atoms with Crippen LogP contribution in [0, 0.1) is 0 Å². The summed E-state index contributed by atoms with van der Waals surface area (Å²) in [4.78, 5) is 41.0. The molecule has 0 spiro atoms. The number of oxazole rings is 1. The van der Waals surface area contributed by atoms with Gasteiger partial charge in [0.05, 0.1) is 18.9 Å². The highest BCUT2D eigenvalue weighted by atomic mass is 16.5. The third-order valence-corrected chi connectivity index (χ3v) is 5.04. The van der Waals surface area contributed by atoms with Crippen LogP contribution in [0.1, 0.15) is 15.9 Å². The van der Waals surface area contributed by atoms with Crippen LogP contribution in [0.3, 0.4) is 0 Å². The van der Waals surface area contributed by atoms with E-state index in [1.54, 1.807) is 66.9 Å². The number of methoxy groups -OCH3 is 1. The SMILES string of the molecule is CO.COc1cc(NC(=O)C(=O)Nc2cccc(CNC(=O)c3ccccc3)c2)ccc1-c1cnco1. The fraction of sp³-hybridized carbons (Fsp3) is 0.111. The molecule has 0 saturated carbocycles. The Morgan fingerprint density at radius 1 is 0.892 bits per heavy atom. The Kier molecular flexibility index (Phi) is 9.51. The van der Waals surface area contributed by atoms with Crippen LogP contribution in [0.15, 0.2) is 89.8 Å². The van der Waals surface area contributed by atoms with Crippen molar-refractivity contribution in [3.05, 3.63) is 96.5 Å². The lowest BCUT2D eigenvalue weighted by molar-refractivity contribution is -0.132. The standard InChI is InChI=1S/C26H22N4O5.CH4O/c1-34-22-13-20(10-11-21(22)23-15-27-16-35-23)30-26(33)25(32)29-19-9-5-6-17(12-19)14-28-24(31)18-7-3-2-4-8-18;1-2/h2-13,15-16H,14H2,1H3,(H,28,31)(H,29,32)(H,30,33);2H,1H3. The van der Waals surface area contributed by atoms with E-state index in [-0.39, 0.29) is 12.5 Å². The Hall–Kier alpha value is -4.96. The second-order valence-electron chi connectivity index (χ2n) is 7.44. The van der Waals surface area contributed by atoms with E-state index >= 15 is 0 Å². The predicted octanol–water partition coefficient (Wildman–Crippen LogP) is 3.47. The van der Waals surface area contributed by atoms with Crippen molar-refractivity contribution in [3.8, 4) is 17.1 Å². The zero-order chi connectivity index (χ0) is 26.6. The number of hydrogen-bond acceptors (Lipinski definition) is 7. The van der Waals surface area contributed by atoms with Crippen molar-refractivity contribution in [2.45, 2.75) is 6.54 Å². The van der Waals surface area contributed by atoms with Gasteiger partial charge in [0.15, 0.2) is 12.2 Å². The van der Waals surface area contributed by atoms with Crippen LogP contribution >= 0.6 is 0 Å². The average molecular weight is 503 g/mol. The highest BCUT2D eigenvalue weighted by Gasteiger charge is 2.16. The van der Waals surface area contributed by atoms with E-state index in [0.29, 0.717) is 34.0 Å². The van der Waals surface area contributed by atoms with Crippen molar-refractivity contribution in [2.75, 3.05) is 24.9 Å². The molecule has 3 amide bonds. The number of aliphatic hydroxyl groups excluding tert-OH is 1. The maximum Gasteiger partial charge on any atom is 0.314 e. The van der Waals surface area contributed by atoms with Crippen LogP contribution in [0.4, 0.5) is 11.4 Å². The van der Waals surface area contributed by atoms with E-state index < -0.39 is 11.8 Å². The average Bonchev–Trinajstić information content (AvgIpc) is 3.48. The van der Waals surface area contributed by atoms with Gasteiger partial charge in [-0.2, -0.15) is 0 Å². The first-order chi connectivity index (χ1) is 18.0. The summed E-state index contributed by atoms with van der Waals surface area (Å²) in [6, 6.07) is 20.6. The summed E-state index contributed by atoms with van der Waals surface area (Å²) in [5.74, 6) is -0.928. The van der Waals surface area contributed by atoms with Gasteiger partial charge in [0, 0.05) is 36.7 Å². The van der Waals surface area contributed by atoms with Gasteiger partial charge in [-0.3, -0.25) is 14.4 Å². The van der Waals surface area contributed by atoms with Crippen LogP contribution in [0.5, 0.6) is 5.75 Å². The molecule has 0 bridgehead atoms. The number of nitrogens with one attached hydrogen (secondary N) is 3. The van der Waals surface area contributed by atoms with Crippen molar-refractivity contribution in [1.29, 1.82) is 0 Å². The van der Waals surface area contributed by atoms with Gasteiger partial charge in [-0.15, -0.1) is 0 Å². The molecule has 3 aromatic carbocycles. The first-order valence-corrected chi connectivity index (χ1v) is 11.1. The topological polar surface area (TPSA) is 143 Å². The third-order valence-electron chi connectivity index (χ3n) is 5.04. The molecule has 4 aromatic rings. The summed E-state index contributed by atoms with van der Waals surface area (Å²) >= 11 is 0. The number of aromatic nitrogens is 1. The molecule has 10 heteroatoms. The summed E-state index contributed by atoms with van der Waals surface area (Å²) in [7, 11) is 2.49. The molecule has 0 atom stereocenters. The van der Waals surface area contributed by atoms with Gasteiger partial charge in [-0.25, -0.2) is 4.98 Å². The summed E-state index contributed by atoms with van der Waals surface area (Å²) in [6.45, 7) is 0.265. The number of amides is 3. The van der Waals surface area contributed by atoms with E-state index in [1.165, 1.54) is 13.5 Å². The molecule has 4 rings (SSSR count). The monoisotopic (exact) mass is 502 g/mol. The number of nitrogens with zero attached hydrogens (tertiary/aromatic N) is 1. The van der Waals surface area contributed by atoms with E-state index in [9.17, 15) is 14.4 Å². The smallest absolute Gasteiger partial charge is 0.314 e. The molecule has 0 unspecified atom stereocenters. The number of ether oxygens (including phenoxy) is 1. The molecule has 1 heterocycles. The van der Waals surface area contributed by atoms with Crippen LogP contribution < -0.4 is 20.7 Å². The molecule has 0 aliphatic heterocycles. The zero-order valence-electron chi connectivity index (χ0n) is 20.2. The van der Waals surface area contributed by atoms with Gasteiger partial charge in [0.25, 0.3) is 5.91 Å². The molecule has 37 heavy (non-hydrogen) atoms. The molecule has 4 N–H and O–H groups in total. The molecule has 0 fully saturated rings. The first-order valence-electron chi connectivity index (χ1n) is 11.1. The largest absolute Gasteiger partial charge is 0.496 e. The van der Waals surface area contributed by atoms with Gasteiger partial charge in [-0.05, 0) is 42.0 Å². The Labute approximate surface area is 213 Å². The number of carbonyl (C=O) groups is 3. The lowest BCUT2D eigenvalue weighted by Gasteiger charge is -2.11. The van der Waals surface area contributed by atoms with Gasteiger partial charge >= 0.3 is 11.8 Å². The fourth-order valence-corrected chi connectivity index (χ4v) is 3.33. The van der Waals surface area contributed by atoms with E-state index in [0.717, 1.165) is 12.7 Å². The Balaban J connectivity index is 0.00000186. The van der Waals surface area contributed by atoms with Crippen molar-refractivity contribution < 1.29 is 28.6 Å². The molecule has 10 nitrogen and oxygen atoms in total. The maximum absolute atomic E-state index is 12.4. The second-order valence-corrected chi connectivity index (χ2v) is 7.44. The summed E-state index contributed by atoms with van der Waals surface area (Å²) in [6.07, 6.45) is 2.85. The van der Waals surface area contributed by atoms with Crippen molar-refractivity contribution in [1.82, 2.24) is 10.3 Å². The number of aliphatic hydroxyl groups is 1. The van der Waals surface area contributed by atoms with Gasteiger partial charge in [0.1, 0.15) is 5.75 Å². The quantitative estimate of drug-likeness (QED) is 0.283. The molecule has 0 aliphatic rings. The summed E-state index contributed by atoms with van der Waals surface area (Å²) in [5.41, 5.74) is 2.78. The number of benzene rings is 3. The van der Waals surface area contributed by atoms with Crippen molar-refractivity contribution in [2.24, 2.45) is 0 Å². The number of carbonyl (C=O) groups excluding carboxylic acids is 3. The summed E-state index contributed by atoms with van der Waals surface area (Å²) in [5, 5.41) is 14.9. The molecule has 0 radical (unpaired) electrons. The molecule has 1 aromatic heterocycles. The second kappa shape index (κ2) is 13.2. The predicted molar refractivity (Wildman–Crippen MR) is 138 cm³/mol. The number of rotatable bonds is 7. The molecule has 190 valence electrons. The van der Waals surface area contributed by atoms with Crippen LogP contribution in [-0.4, -0.2) is 42.0 Å². The summed E-state index contributed by atoms with van der Waals surface area (Å²) < 4.78 is 10.6. The van der Waals surface area contributed by atoms with Crippen molar-refractivity contribution >= 4 is 29.1 Å². The van der Waals surface area contributed by atoms with Crippen molar-refractivity contribution in [3.63, 3.8) is 0 Å². The molecule has 0 saturated heterocycles.